The van der Waals surface area contributed by atoms with Crippen molar-refractivity contribution in [3.8, 4) is 0 Å². The Labute approximate surface area is 144 Å². The molecule has 2 heterocycles. The van der Waals surface area contributed by atoms with Gasteiger partial charge in [0.05, 0.1) is 10.6 Å². The van der Waals surface area contributed by atoms with Gasteiger partial charge in [-0.15, -0.1) is 22.7 Å². The maximum absolute atomic E-state index is 12.5. The monoisotopic (exact) mass is 351 g/mol. The summed E-state index contributed by atoms with van der Waals surface area (Å²) in [6.45, 7) is 8.51. The van der Waals surface area contributed by atoms with Crippen molar-refractivity contribution in [2.75, 3.05) is 18.4 Å². The van der Waals surface area contributed by atoms with Crippen molar-refractivity contribution < 1.29 is 9.59 Å². The van der Waals surface area contributed by atoms with Crippen molar-refractivity contribution in [1.82, 2.24) is 9.88 Å². The van der Waals surface area contributed by atoms with Gasteiger partial charge in [0.15, 0.2) is 5.13 Å². The molecule has 0 saturated carbocycles. The van der Waals surface area contributed by atoms with Crippen LogP contribution in [0.2, 0.25) is 0 Å². The molecule has 0 aliphatic heterocycles. The molecule has 23 heavy (non-hydrogen) atoms. The first-order valence-corrected chi connectivity index (χ1v) is 9.13. The van der Waals surface area contributed by atoms with Crippen LogP contribution < -0.4 is 5.32 Å². The lowest BCUT2D eigenvalue weighted by Gasteiger charge is -2.23. The van der Waals surface area contributed by atoms with Crippen molar-refractivity contribution in [1.29, 1.82) is 0 Å². The van der Waals surface area contributed by atoms with Gasteiger partial charge in [-0.25, -0.2) is 4.98 Å². The minimum Gasteiger partial charge on any atom is -0.328 e. The molecule has 1 N–H and O–H groups in total. The number of aromatic nitrogens is 1. The number of anilines is 1. The Kier molecular flexibility index (Phi) is 5.90. The summed E-state index contributed by atoms with van der Waals surface area (Å²) in [5.41, 5.74) is 0.916. The highest BCUT2D eigenvalue weighted by molar-refractivity contribution is 7.15. The molecule has 2 aromatic heterocycles. The summed E-state index contributed by atoms with van der Waals surface area (Å²) in [7, 11) is 0. The molecule has 0 spiro atoms. The summed E-state index contributed by atoms with van der Waals surface area (Å²) in [5.74, 6) is -0.0317. The molecule has 7 heteroatoms. The van der Waals surface area contributed by atoms with E-state index < -0.39 is 0 Å². The first-order chi connectivity index (χ1) is 10.9. The summed E-state index contributed by atoms with van der Waals surface area (Å²) >= 11 is 2.83. The van der Waals surface area contributed by atoms with Crippen LogP contribution in [-0.2, 0) is 4.79 Å². The fraction of sp³-hybridized carbons (Fsp3) is 0.438. The van der Waals surface area contributed by atoms with E-state index in [2.05, 4.69) is 10.3 Å². The van der Waals surface area contributed by atoms with Crippen molar-refractivity contribution in [2.45, 2.75) is 27.7 Å². The average Bonchev–Trinajstić information content (AvgIpc) is 3.08. The normalized spacial score (nSPS) is 10.8. The van der Waals surface area contributed by atoms with Gasteiger partial charge >= 0.3 is 0 Å². The van der Waals surface area contributed by atoms with Crippen molar-refractivity contribution in [2.24, 2.45) is 5.92 Å². The molecular weight excluding hydrogens is 330 g/mol. The Hall–Kier alpha value is -1.73. The molecule has 0 unspecified atom stereocenters. The Morgan fingerprint density at radius 1 is 1.35 bits per heavy atom. The zero-order valence-electron chi connectivity index (χ0n) is 13.8. The molecule has 124 valence electrons. The highest BCUT2D eigenvalue weighted by Crippen LogP contribution is 2.21. The van der Waals surface area contributed by atoms with E-state index in [4.69, 9.17) is 0 Å². The summed E-state index contributed by atoms with van der Waals surface area (Å²) in [5, 5.41) is 5.23. The van der Waals surface area contributed by atoms with Crippen molar-refractivity contribution >= 4 is 39.6 Å². The van der Waals surface area contributed by atoms with Gasteiger partial charge in [0.1, 0.15) is 6.54 Å². The van der Waals surface area contributed by atoms with Gasteiger partial charge < -0.3 is 10.2 Å². The molecule has 0 aliphatic carbocycles. The van der Waals surface area contributed by atoms with E-state index in [1.165, 1.54) is 22.7 Å². The summed E-state index contributed by atoms with van der Waals surface area (Å²) < 4.78 is 0. The van der Waals surface area contributed by atoms with Crippen LogP contribution in [0.3, 0.4) is 0 Å². The SMILES string of the molecule is Cc1nc(NC(=O)CN(CC(C)C)C(=O)c2cccs2)sc1C. The van der Waals surface area contributed by atoms with E-state index in [-0.39, 0.29) is 24.3 Å². The fourth-order valence-corrected chi connectivity index (χ4v) is 3.60. The Morgan fingerprint density at radius 3 is 2.61 bits per heavy atom. The van der Waals surface area contributed by atoms with Crippen molar-refractivity contribution in [3.05, 3.63) is 33.0 Å². The topological polar surface area (TPSA) is 62.3 Å². The third-order valence-electron chi connectivity index (χ3n) is 3.21. The van der Waals surface area contributed by atoms with E-state index in [0.29, 0.717) is 16.6 Å². The van der Waals surface area contributed by atoms with E-state index in [0.717, 1.165) is 10.6 Å². The summed E-state index contributed by atoms with van der Waals surface area (Å²) in [4.78, 5) is 32.4. The van der Waals surface area contributed by atoms with Crippen LogP contribution in [-0.4, -0.2) is 34.8 Å². The number of amides is 2. The van der Waals surface area contributed by atoms with Crippen LogP contribution in [0.15, 0.2) is 17.5 Å². The first kappa shape index (κ1) is 17.6. The number of aryl methyl sites for hydroxylation is 2. The van der Waals surface area contributed by atoms with Gasteiger partial charge in [-0.3, -0.25) is 9.59 Å². The Morgan fingerprint density at radius 2 is 2.09 bits per heavy atom. The standard InChI is InChI=1S/C16H21N3O2S2/c1-10(2)8-19(15(21)13-6-5-7-22-13)9-14(20)18-16-17-11(3)12(4)23-16/h5-7,10H,8-9H2,1-4H3,(H,17,18,20). The van der Waals surface area contributed by atoms with E-state index in [1.807, 2.05) is 39.1 Å². The van der Waals surface area contributed by atoms with Gasteiger partial charge in [-0.05, 0) is 31.2 Å². The van der Waals surface area contributed by atoms with Gasteiger partial charge in [-0.2, -0.15) is 0 Å². The van der Waals surface area contributed by atoms with E-state index in [1.54, 1.807) is 11.0 Å². The van der Waals surface area contributed by atoms with Crippen LogP contribution in [0.4, 0.5) is 5.13 Å². The third kappa shape index (κ3) is 4.87. The molecule has 0 aliphatic rings. The molecule has 0 bridgehead atoms. The van der Waals surface area contributed by atoms with Crippen LogP contribution >= 0.6 is 22.7 Å². The van der Waals surface area contributed by atoms with E-state index in [9.17, 15) is 9.59 Å². The quantitative estimate of drug-likeness (QED) is 0.865. The van der Waals surface area contributed by atoms with Gasteiger partial charge in [0.2, 0.25) is 5.91 Å². The fourth-order valence-electron chi connectivity index (χ4n) is 2.07. The molecule has 5 nitrogen and oxygen atoms in total. The molecule has 0 aromatic carbocycles. The van der Waals surface area contributed by atoms with Gasteiger partial charge in [-0.1, -0.05) is 19.9 Å². The lowest BCUT2D eigenvalue weighted by Crippen LogP contribution is -2.39. The lowest BCUT2D eigenvalue weighted by atomic mass is 10.2. The Balaban J connectivity index is 2.04. The van der Waals surface area contributed by atoms with E-state index >= 15 is 0 Å². The van der Waals surface area contributed by atoms with Crippen LogP contribution in [0.25, 0.3) is 0 Å². The summed E-state index contributed by atoms with van der Waals surface area (Å²) in [6, 6.07) is 3.62. The predicted octanol–water partition coefficient (Wildman–Crippen LogP) is 3.56. The third-order valence-corrected chi connectivity index (χ3v) is 5.06. The highest BCUT2D eigenvalue weighted by Gasteiger charge is 2.21. The van der Waals surface area contributed by atoms with Crippen LogP contribution in [0.5, 0.6) is 0 Å². The Bertz CT molecular complexity index is 658. The lowest BCUT2D eigenvalue weighted by molar-refractivity contribution is -0.117. The highest BCUT2D eigenvalue weighted by atomic mass is 32.1. The second kappa shape index (κ2) is 7.70. The predicted molar refractivity (Wildman–Crippen MR) is 95.3 cm³/mol. The minimum absolute atomic E-state index is 0.0343. The zero-order chi connectivity index (χ0) is 17.0. The number of carbonyl (C=O) groups is 2. The number of hydrogen-bond acceptors (Lipinski definition) is 5. The average molecular weight is 351 g/mol. The smallest absolute Gasteiger partial charge is 0.264 e. The van der Waals surface area contributed by atoms with Gasteiger partial charge in [0, 0.05) is 11.4 Å². The molecule has 2 rings (SSSR count). The second-order valence-electron chi connectivity index (χ2n) is 5.77. The number of thiophene rings is 1. The molecule has 2 amide bonds. The number of rotatable bonds is 6. The molecule has 0 radical (unpaired) electrons. The molecule has 0 fully saturated rings. The maximum atomic E-state index is 12.5. The number of nitrogens with one attached hydrogen (secondary N) is 1. The van der Waals surface area contributed by atoms with Crippen LogP contribution in [0, 0.1) is 19.8 Å². The first-order valence-electron chi connectivity index (χ1n) is 7.43. The van der Waals surface area contributed by atoms with Gasteiger partial charge in [0.25, 0.3) is 5.91 Å². The number of carbonyl (C=O) groups excluding carboxylic acids is 2. The molecular formula is C16H21N3O2S2. The largest absolute Gasteiger partial charge is 0.328 e. The maximum Gasteiger partial charge on any atom is 0.264 e. The second-order valence-corrected chi connectivity index (χ2v) is 7.92. The van der Waals surface area contributed by atoms with Crippen molar-refractivity contribution in [3.63, 3.8) is 0 Å². The number of thiazole rings is 1. The zero-order valence-corrected chi connectivity index (χ0v) is 15.4. The molecule has 0 atom stereocenters. The number of nitrogens with zero attached hydrogens (tertiary/aromatic N) is 2. The minimum atomic E-state index is -0.218. The van der Waals surface area contributed by atoms with Crippen LogP contribution in [0.1, 0.15) is 34.1 Å². The molecule has 0 saturated heterocycles. The summed E-state index contributed by atoms with van der Waals surface area (Å²) in [6.07, 6.45) is 0. The molecule has 2 aromatic rings. The number of hydrogen-bond donors (Lipinski definition) is 1.